The van der Waals surface area contributed by atoms with Crippen LogP contribution in [0.3, 0.4) is 0 Å². The maximum atomic E-state index is 10.9. The first-order valence-corrected chi connectivity index (χ1v) is 7.88. The minimum Gasteiger partial charge on any atom is -0.361 e. The summed E-state index contributed by atoms with van der Waals surface area (Å²) in [5.41, 5.74) is 2.91. The number of hydrogen-bond acceptors (Lipinski definition) is 4. The van der Waals surface area contributed by atoms with Crippen LogP contribution in [-0.4, -0.2) is 22.9 Å². The van der Waals surface area contributed by atoms with Gasteiger partial charge in [0.25, 0.3) is 6.20 Å². The quantitative estimate of drug-likeness (QED) is 0.533. The number of nitrogens with zero attached hydrogens (tertiary/aromatic N) is 2. The van der Waals surface area contributed by atoms with Gasteiger partial charge in [-0.15, -0.1) is 0 Å². The van der Waals surface area contributed by atoms with E-state index < -0.39 is 4.92 Å². The summed E-state index contributed by atoms with van der Waals surface area (Å²) in [6.07, 6.45) is 2.99. The van der Waals surface area contributed by atoms with Crippen LogP contribution in [0.2, 0.25) is 0 Å². The van der Waals surface area contributed by atoms with Gasteiger partial charge in [0.05, 0.1) is 18.0 Å². The zero-order valence-corrected chi connectivity index (χ0v) is 13.6. The topological polar surface area (TPSA) is 58.4 Å². The minimum absolute atomic E-state index is 0.375. The summed E-state index contributed by atoms with van der Waals surface area (Å²) in [5.74, 6) is 6.63. The van der Waals surface area contributed by atoms with Crippen molar-refractivity contribution >= 4 is 6.08 Å². The van der Waals surface area contributed by atoms with Crippen molar-refractivity contribution < 1.29 is 4.92 Å². The summed E-state index contributed by atoms with van der Waals surface area (Å²) in [6.45, 7) is 0.905. The molecule has 1 fully saturated rings. The monoisotopic (exact) mass is 331 g/mol. The zero-order valence-electron chi connectivity index (χ0n) is 13.6. The van der Waals surface area contributed by atoms with E-state index in [0.717, 1.165) is 23.0 Å². The van der Waals surface area contributed by atoms with Crippen molar-refractivity contribution in [3.05, 3.63) is 99.6 Å². The van der Waals surface area contributed by atoms with Crippen molar-refractivity contribution in [1.29, 1.82) is 0 Å². The van der Waals surface area contributed by atoms with Crippen LogP contribution in [0.4, 0.5) is 0 Å². The average Bonchev–Trinajstić information content (AvgIpc) is 2.98. The normalized spacial score (nSPS) is 16.4. The van der Waals surface area contributed by atoms with Gasteiger partial charge in [-0.05, 0) is 23.8 Å². The van der Waals surface area contributed by atoms with Crippen LogP contribution in [0.25, 0.3) is 6.08 Å². The molecular weight excluding hydrogens is 314 g/mol. The van der Waals surface area contributed by atoms with Gasteiger partial charge in [-0.1, -0.05) is 60.4 Å². The lowest BCUT2D eigenvalue weighted by atomic mass is 10.2. The predicted octanol–water partition coefficient (Wildman–Crippen LogP) is 3.06. The summed E-state index contributed by atoms with van der Waals surface area (Å²) in [7, 11) is 0. The van der Waals surface area contributed by atoms with E-state index in [2.05, 4.69) is 17.2 Å². The van der Waals surface area contributed by atoms with Crippen LogP contribution in [-0.2, 0) is 0 Å². The molecule has 0 bridgehead atoms. The van der Waals surface area contributed by atoms with Crippen molar-refractivity contribution in [2.45, 2.75) is 0 Å². The molecule has 25 heavy (non-hydrogen) atoms. The third kappa shape index (κ3) is 4.49. The maximum absolute atomic E-state index is 10.9. The first-order valence-electron chi connectivity index (χ1n) is 7.88. The van der Waals surface area contributed by atoms with Gasteiger partial charge in [-0.25, -0.2) is 0 Å². The molecule has 5 heteroatoms. The fraction of sp³-hybridized carbons (Fsp3) is 0.100. The second kappa shape index (κ2) is 7.84. The van der Waals surface area contributed by atoms with E-state index in [-0.39, 0.29) is 0 Å². The molecule has 124 valence electrons. The minimum atomic E-state index is -0.453. The largest absolute Gasteiger partial charge is 0.361 e. The van der Waals surface area contributed by atoms with Gasteiger partial charge in [-0.2, -0.15) is 0 Å². The van der Waals surface area contributed by atoms with E-state index in [0.29, 0.717) is 18.9 Å². The first-order chi connectivity index (χ1) is 12.2. The van der Waals surface area contributed by atoms with Gasteiger partial charge < -0.3 is 10.2 Å². The highest BCUT2D eigenvalue weighted by molar-refractivity contribution is 5.54. The van der Waals surface area contributed by atoms with Crippen molar-refractivity contribution in [1.82, 2.24) is 10.2 Å². The van der Waals surface area contributed by atoms with Gasteiger partial charge in [0.15, 0.2) is 5.82 Å². The Morgan fingerprint density at radius 2 is 1.80 bits per heavy atom. The molecule has 5 nitrogen and oxygen atoms in total. The molecule has 0 saturated carbocycles. The number of nitrogens with one attached hydrogen (secondary N) is 1. The Morgan fingerprint density at radius 3 is 2.48 bits per heavy atom. The fourth-order valence-corrected chi connectivity index (χ4v) is 2.54. The Bertz CT molecular complexity index is 862. The van der Waals surface area contributed by atoms with E-state index >= 15 is 0 Å². The number of rotatable bonds is 3. The number of nitro groups is 1. The van der Waals surface area contributed by atoms with Crippen LogP contribution in [0.15, 0.2) is 78.4 Å². The molecule has 3 rings (SSSR count). The molecule has 0 aromatic heterocycles. The standard InChI is InChI=1S/C20H17N3O2/c24-23(25)16-20-21-15-19(14-18-10-5-2-6-11-18)22(20)13-7-12-17-8-3-1-4-9-17/h1-6,8-11,14,16,21H,13,15H2/b19-14+,20-16+. The van der Waals surface area contributed by atoms with E-state index in [1.807, 2.05) is 71.6 Å². The summed E-state index contributed by atoms with van der Waals surface area (Å²) >= 11 is 0. The molecule has 0 amide bonds. The molecule has 1 aliphatic heterocycles. The molecule has 0 atom stereocenters. The third-order valence-electron chi connectivity index (χ3n) is 3.69. The molecule has 0 unspecified atom stereocenters. The molecule has 0 spiro atoms. The van der Waals surface area contributed by atoms with Crippen molar-refractivity contribution in [2.24, 2.45) is 0 Å². The van der Waals surface area contributed by atoms with Gasteiger partial charge >= 0.3 is 0 Å². The van der Waals surface area contributed by atoms with Crippen molar-refractivity contribution in [3.8, 4) is 11.8 Å². The van der Waals surface area contributed by atoms with E-state index in [1.54, 1.807) is 0 Å². The summed E-state index contributed by atoms with van der Waals surface area (Å²) < 4.78 is 0. The molecule has 1 saturated heterocycles. The van der Waals surface area contributed by atoms with Crippen LogP contribution in [0.5, 0.6) is 0 Å². The summed E-state index contributed by atoms with van der Waals surface area (Å²) in [6, 6.07) is 19.5. The second-order valence-corrected chi connectivity index (χ2v) is 5.45. The molecular formula is C20H17N3O2. The molecule has 2 aromatic carbocycles. The highest BCUT2D eigenvalue weighted by atomic mass is 16.6. The van der Waals surface area contributed by atoms with Gasteiger partial charge in [-0.3, -0.25) is 10.1 Å². The van der Waals surface area contributed by atoms with Crippen LogP contribution in [0, 0.1) is 22.0 Å². The zero-order chi connectivity index (χ0) is 17.5. The Hall–Kier alpha value is -3.52. The number of hydrogen-bond donors (Lipinski definition) is 1. The fourth-order valence-electron chi connectivity index (χ4n) is 2.54. The Balaban J connectivity index is 1.85. The highest BCUT2D eigenvalue weighted by Gasteiger charge is 2.23. The van der Waals surface area contributed by atoms with E-state index in [9.17, 15) is 10.1 Å². The molecule has 1 heterocycles. The Kier molecular flexibility index (Phi) is 5.13. The lowest BCUT2D eigenvalue weighted by Crippen LogP contribution is -2.20. The summed E-state index contributed by atoms with van der Waals surface area (Å²) in [5, 5.41) is 13.9. The van der Waals surface area contributed by atoms with Gasteiger partial charge in [0, 0.05) is 11.3 Å². The highest BCUT2D eigenvalue weighted by Crippen LogP contribution is 2.20. The maximum Gasteiger partial charge on any atom is 0.274 e. The van der Waals surface area contributed by atoms with Gasteiger partial charge in [0.2, 0.25) is 0 Å². The van der Waals surface area contributed by atoms with E-state index in [1.165, 1.54) is 0 Å². The molecule has 1 N–H and O–H groups in total. The van der Waals surface area contributed by atoms with Gasteiger partial charge in [0.1, 0.15) is 0 Å². The summed E-state index contributed by atoms with van der Waals surface area (Å²) in [4.78, 5) is 12.3. The lowest BCUT2D eigenvalue weighted by Gasteiger charge is -2.15. The van der Waals surface area contributed by atoms with Crippen LogP contribution < -0.4 is 5.32 Å². The molecule has 0 radical (unpaired) electrons. The molecule has 0 aliphatic carbocycles. The van der Waals surface area contributed by atoms with Crippen LogP contribution >= 0.6 is 0 Å². The van der Waals surface area contributed by atoms with Crippen molar-refractivity contribution in [3.63, 3.8) is 0 Å². The van der Waals surface area contributed by atoms with Crippen molar-refractivity contribution in [2.75, 3.05) is 13.1 Å². The van der Waals surface area contributed by atoms with E-state index in [4.69, 9.17) is 0 Å². The Labute approximate surface area is 146 Å². The van der Waals surface area contributed by atoms with Crippen LogP contribution in [0.1, 0.15) is 11.1 Å². The lowest BCUT2D eigenvalue weighted by molar-refractivity contribution is -0.404. The predicted molar refractivity (Wildman–Crippen MR) is 97.5 cm³/mol. The molecule has 2 aromatic rings. The SMILES string of the molecule is O=[N+]([O-])/C=C1\NC/C(=C\c2ccccc2)N1CC#Cc1ccccc1. The first kappa shape index (κ1) is 16.3. The molecule has 1 aliphatic rings. The Morgan fingerprint density at radius 1 is 1.12 bits per heavy atom. The smallest absolute Gasteiger partial charge is 0.274 e. The third-order valence-corrected chi connectivity index (χ3v) is 3.69. The average molecular weight is 331 g/mol. The second-order valence-electron chi connectivity index (χ2n) is 5.45. The number of benzene rings is 2.